The summed E-state index contributed by atoms with van der Waals surface area (Å²) < 4.78 is 0. The molecule has 1 aliphatic heterocycles. The van der Waals surface area contributed by atoms with Gasteiger partial charge < -0.3 is 20.9 Å². The van der Waals surface area contributed by atoms with Gasteiger partial charge in [-0.2, -0.15) is 0 Å². The van der Waals surface area contributed by atoms with Gasteiger partial charge in [-0.3, -0.25) is 9.69 Å². The highest BCUT2D eigenvalue weighted by Gasteiger charge is 2.36. The zero-order valence-electron chi connectivity index (χ0n) is 27.9. The number of carbonyl (C=O) groups is 2. The van der Waals surface area contributed by atoms with E-state index in [1.807, 2.05) is 37.2 Å². The minimum atomic E-state index is -0.426. The molecule has 1 saturated heterocycles. The lowest BCUT2D eigenvalue weighted by atomic mass is 9.79. The summed E-state index contributed by atoms with van der Waals surface area (Å²) >= 11 is 0. The molecule has 242 valence electrons. The second kappa shape index (κ2) is 16.5. The summed E-state index contributed by atoms with van der Waals surface area (Å²) in [6, 6.07) is 27.0. The Bertz CT molecular complexity index is 1310. The molecule has 1 heterocycles. The minimum absolute atomic E-state index is 0.174. The van der Waals surface area contributed by atoms with E-state index in [1.165, 1.54) is 30.4 Å². The van der Waals surface area contributed by atoms with Crippen LogP contribution in [-0.2, 0) is 0 Å². The van der Waals surface area contributed by atoms with Crippen LogP contribution in [0, 0.1) is 5.92 Å². The Morgan fingerprint density at radius 3 is 2.04 bits per heavy atom. The van der Waals surface area contributed by atoms with Crippen molar-refractivity contribution < 1.29 is 9.59 Å². The van der Waals surface area contributed by atoms with Crippen LogP contribution < -0.4 is 20.9 Å². The fraction of sp³-hybridized carbons (Fsp3) is 0.474. The molecule has 0 unspecified atom stereocenters. The van der Waals surface area contributed by atoms with Crippen LogP contribution in [0.15, 0.2) is 78.9 Å². The Morgan fingerprint density at radius 1 is 0.867 bits per heavy atom. The Hall–Kier alpha value is -3.84. The lowest BCUT2D eigenvalue weighted by Gasteiger charge is -2.43. The summed E-state index contributed by atoms with van der Waals surface area (Å²) in [5, 5.41) is 9.24. The number of nitrogens with one attached hydrogen (secondary N) is 3. The third kappa shape index (κ3) is 9.57. The molecule has 1 aliphatic rings. The molecule has 3 aromatic carbocycles. The lowest BCUT2D eigenvalue weighted by molar-refractivity contribution is 0.0775. The average molecular weight is 612 g/mol. The summed E-state index contributed by atoms with van der Waals surface area (Å²) in [6.07, 6.45) is 7.61. The quantitative estimate of drug-likeness (QED) is 0.162. The summed E-state index contributed by atoms with van der Waals surface area (Å²) in [5.74, 6) is 0.141. The number of urea groups is 1. The van der Waals surface area contributed by atoms with Crippen molar-refractivity contribution in [1.29, 1.82) is 0 Å². The van der Waals surface area contributed by atoms with Gasteiger partial charge in [0.05, 0.1) is 17.3 Å². The molecule has 0 aromatic heterocycles. The molecule has 0 saturated carbocycles. The Labute approximate surface area is 270 Å². The maximum Gasteiger partial charge on any atom is 0.319 e. The van der Waals surface area contributed by atoms with Crippen molar-refractivity contribution in [3.8, 4) is 0 Å². The maximum absolute atomic E-state index is 13.9. The van der Waals surface area contributed by atoms with Crippen LogP contribution in [0.1, 0.15) is 93.2 Å². The monoisotopic (exact) mass is 611 g/mol. The van der Waals surface area contributed by atoms with Crippen molar-refractivity contribution in [3.63, 3.8) is 0 Å². The molecule has 0 spiro atoms. The van der Waals surface area contributed by atoms with Crippen molar-refractivity contribution in [2.24, 2.45) is 5.92 Å². The predicted octanol–water partition coefficient (Wildman–Crippen LogP) is 7.85. The van der Waals surface area contributed by atoms with Crippen molar-refractivity contribution in [3.05, 3.63) is 95.6 Å². The highest BCUT2D eigenvalue weighted by Crippen LogP contribution is 2.36. The van der Waals surface area contributed by atoms with Crippen molar-refractivity contribution in [1.82, 2.24) is 15.5 Å². The Morgan fingerprint density at radius 2 is 1.47 bits per heavy atom. The van der Waals surface area contributed by atoms with Gasteiger partial charge in [0.1, 0.15) is 0 Å². The number of piperidine rings is 1. The van der Waals surface area contributed by atoms with Crippen LogP contribution in [0.3, 0.4) is 0 Å². The fourth-order valence-electron chi connectivity index (χ4n) is 6.43. The minimum Gasteiger partial charge on any atom is -0.378 e. The average Bonchev–Trinajstić information content (AvgIpc) is 3.04. The number of carbonyl (C=O) groups excluding carboxylic acids is 2. The van der Waals surface area contributed by atoms with Crippen LogP contribution in [-0.4, -0.2) is 56.1 Å². The second-order valence-corrected chi connectivity index (χ2v) is 13.1. The first-order chi connectivity index (χ1) is 21.7. The van der Waals surface area contributed by atoms with Gasteiger partial charge in [0, 0.05) is 31.9 Å². The molecule has 3 N–H and O–H groups in total. The normalized spacial score (nSPS) is 14.3. The summed E-state index contributed by atoms with van der Waals surface area (Å²) in [5.41, 5.74) is 4.07. The van der Waals surface area contributed by atoms with E-state index >= 15 is 0 Å². The molecular formula is C38H53N5O2. The van der Waals surface area contributed by atoms with E-state index in [0.29, 0.717) is 23.7 Å². The second-order valence-electron chi connectivity index (χ2n) is 13.1. The number of hydrogen-bond donors (Lipinski definition) is 3. The SMILES string of the molecule is CCCCCCCNC(=O)Nc1ccc(N(C)C)cc1C(=O)NC(C)(C)C1CCN(C(c2ccccc2)c2ccccc2)CC1. The number of likely N-dealkylation sites (tertiary alicyclic amines) is 1. The number of hydrogen-bond acceptors (Lipinski definition) is 4. The van der Waals surface area contributed by atoms with E-state index in [2.05, 4.69) is 102 Å². The van der Waals surface area contributed by atoms with Gasteiger partial charge in [0.25, 0.3) is 5.91 Å². The fourth-order valence-corrected chi connectivity index (χ4v) is 6.43. The van der Waals surface area contributed by atoms with Crippen molar-refractivity contribution >= 4 is 23.3 Å². The summed E-state index contributed by atoms with van der Waals surface area (Å²) in [7, 11) is 3.90. The van der Waals surface area contributed by atoms with Gasteiger partial charge in [-0.25, -0.2) is 4.79 Å². The largest absolute Gasteiger partial charge is 0.378 e. The van der Waals surface area contributed by atoms with Gasteiger partial charge >= 0.3 is 6.03 Å². The zero-order chi connectivity index (χ0) is 32.2. The van der Waals surface area contributed by atoms with Gasteiger partial charge in [0.15, 0.2) is 0 Å². The molecule has 4 rings (SSSR count). The molecule has 45 heavy (non-hydrogen) atoms. The molecule has 3 aromatic rings. The Balaban J connectivity index is 1.41. The molecule has 0 bridgehead atoms. The van der Waals surface area contributed by atoms with Gasteiger partial charge in [-0.15, -0.1) is 0 Å². The van der Waals surface area contributed by atoms with Crippen LogP contribution in [0.25, 0.3) is 0 Å². The van der Waals surface area contributed by atoms with Crippen molar-refractivity contribution in [2.45, 2.75) is 77.3 Å². The van der Waals surface area contributed by atoms with Crippen LogP contribution in [0.5, 0.6) is 0 Å². The van der Waals surface area contributed by atoms with E-state index in [-0.39, 0.29) is 18.0 Å². The molecule has 0 radical (unpaired) electrons. The molecular weight excluding hydrogens is 558 g/mol. The zero-order valence-corrected chi connectivity index (χ0v) is 27.9. The molecule has 7 heteroatoms. The van der Waals surface area contributed by atoms with Crippen LogP contribution in [0.4, 0.5) is 16.2 Å². The number of anilines is 2. The van der Waals surface area contributed by atoms with E-state index in [9.17, 15) is 9.59 Å². The molecule has 7 nitrogen and oxygen atoms in total. The predicted molar refractivity (Wildman–Crippen MR) is 187 cm³/mol. The molecule has 0 aliphatic carbocycles. The topological polar surface area (TPSA) is 76.7 Å². The van der Waals surface area contributed by atoms with Gasteiger partial charge in [0.2, 0.25) is 0 Å². The first-order valence-corrected chi connectivity index (χ1v) is 16.7. The van der Waals surface area contributed by atoms with E-state index < -0.39 is 5.54 Å². The maximum atomic E-state index is 13.9. The van der Waals surface area contributed by atoms with E-state index in [0.717, 1.165) is 44.5 Å². The van der Waals surface area contributed by atoms with Crippen LogP contribution in [0.2, 0.25) is 0 Å². The third-order valence-corrected chi connectivity index (χ3v) is 9.16. The smallest absolute Gasteiger partial charge is 0.319 e. The molecule has 0 atom stereocenters. The number of nitrogens with zero attached hydrogens (tertiary/aromatic N) is 2. The van der Waals surface area contributed by atoms with E-state index in [1.54, 1.807) is 0 Å². The number of rotatable bonds is 14. The summed E-state index contributed by atoms with van der Waals surface area (Å²) in [6.45, 7) is 8.96. The first kappa shape index (κ1) is 34.0. The third-order valence-electron chi connectivity index (χ3n) is 9.16. The molecule has 3 amide bonds. The number of amides is 3. The number of unbranched alkanes of at least 4 members (excludes halogenated alkanes) is 4. The van der Waals surface area contributed by atoms with E-state index in [4.69, 9.17) is 0 Å². The Kier molecular flexibility index (Phi) is 12.5. The summed E-state index contributed by atoms with van der Waals surface area (Å²) in [4.78, 5) is 31.2. The standard InChI is InChI=1S/C38H53N5O2/c1-6-7-8-9-16-25-39-37(45)40-34-22-21-32(42(4)5)28-33(34)36(44)41-38(2,3)31-23-26-43(27-24-31)35(29-17-12-10-13-18-29)30-19-14-11-15-20-30/h10-15,17-22,28,31,35H,6-9,16,23-27H2,1-5H3,(H,41,44)(H2,39,40,45). The first-order valence-electron chi connectivity index (χ1n) is 16.7. The van der Waals surface area contributed by atoms with Crippen molar-refractivity contribution in [2.75, 3.05) is 43.9 Å². The van der Waals surface area contributed by atoms with Gasteiger partial charge in [-0.05, 0) is 81.4 Å². The van der Waals surface area contributed by atoms with Gasteiger partial charge in [-0.1, -0.05) is 93.3 Å². The lowest BCUT2D eigenvalue weighted by Crippen LogP contribution is -2.52. The number of benzene rings is 3. The highest BCUT2D eigenvalue weighted by molar-refractivity contribution is 6.04. The molecule has 1 fully saturated rings. The highest BCUT2D eigenvalue weighted by atomic mass is 16.2. The van der Waals surface area contributed by atoms with Crippen LogP contribution >= 0.6 is 0 Å².